The summed E-state index contributed by atoms with van der Waals surface area (Å²) in [6.45, 7) is 14.6. The van der Waals surface area contributed by atoms with Gasteiger partial charge in [-0.25, -0.2) is 0 Å². The SMILES string of the molecule is CC(C)(C)C1CCC(c2cccc(C3CCC(C(C)(C)C)CC3)c2-c2cnc3c4[c-]cccc4c4ccccc4n23)CC1.[Ir]. The normalized spacial score (nSPS) is 23.2. The molecule has 2 aliphatic rings. The first-order valence-electron chi connectivity index (χ1n) is 16.9. The molecule has 0 unspecified atom stereocenters. The van der Waals surface area contributed by atoms with Crippen LogP contribution < -0.4 is 0 Å². The number of nitrogens with zero attached hydrogens (tertiary/aromatic N) is 2. The quantitative estimate of drug-likeness (QED) is 0.132. The summed E-state index contributed by atoms with van der Waals surface area (Å²) < 4.78 is 2.47. The van der Waals surface area contributed by atoms with Crippen molar-refractivity contribution in [1.29, 1.82) is 0 Å². The second-order valence-corrected chi connectivity index (χ2v) is 15.9. The van der Waals surface area contributed by atoms with Gasteiger partial charge in [-0.3, -0.25) is 4.98 Å². The van der Waals surface area contributed by atoms with Crippen molar-refractivity contribution in [3.63, 3.8) is 0 Å². The van der Waals surface area contributed by atoms with Crippen LogP contribution in [-0.2, 0) is 20.1 Å². The van der Waals surface area contributed by atoms with E-state index in [2.05, 4.69) is 113 Å². The van der Waals surface area contributed by atoms with Gasteiger partial charge in [-0.15, -0.1) is 29.7 Å². The number of pyridine rings is 1. The Balaban J connectivity index is 0.00000343. The van der Waals surface area contributed by atoms with Crippen molar-refractivity contribution >= 4 is 27.3 Å². The number of hydrogen-bond acceptors (Lipinski definition) is 1. The summed E-state index contributed by atoms with van der Waals surface area (Å²) in [4.78, 5) is 5.17. The molecule has 0 N–H and O–H groups in total. The zero-order valence-electron chi connectivity index (χ0n) is 27.5. The van der Waals surface area contributed by atoms with Crippen molar-refractivity contribution in [3.05, 3.63) is 84.1 Å². The fourth-order valence-electron chi connectivity index (χ4n) is 8.80. The van der Waals surface area contributed by atoms with Gasteiger partial charge in [-0.1, -0.05) is 83.3 Å². The average molecular weight is 762 g/mol. The van der Waals surface area contributed by atoms with Gasteiger partial charge in [0.05, 0.1) is 11.3 Å². The van der Waals surface area contributed by atoms with Gasteiger partial charge in [0.15, 0.2) is 0 Å². The number of fused-ring (bicyclic) bond motifs is 6. The Morgan fingerprint density at radius 3 is 1.77 bits per heavy atom. The molecule has 2 aromatic heterocycles. The van der Waals surface area contributed by atoms with Crippen LogP contribution in [0.15, 0.2) is 66.9 Å². The predicted molar refractivity (Wildman–Crippen MR) is 183 cm³/mol. The van der Waals surface area contributed by atoms with E-state index >= 15 is 0 Å². The zero-order chi connectivity index (χ0) is 29.9. The van der Waals surface area contributed by atoms with Crippen molar-refractivity contribution in [2.75, 3.05) is 0 Å². The van der Waals surface area contributed by atoms with Crippen LogP contribution in [0.5, 0.6) is 0 Å². The van der Waals surface area contributed by atoms with Crippen molar-refractivity contribution in [2.24, 2.45) is 22.7 Å². The molecule has 2 saturated carbocycles. The first-order valence-corrected chi connectivity index (χ1v) is 16.9. The number of para-hydroxylation sites is 1. The molecule has 3 heteroatoms. The molecule has 233 valence electrons. The molecule has 0 aliphatic heterocycles. The smallest absolute Gasteiger partial charge is 0.0639 e. The van der Waals surface area contributed by atoms with Crippen LogP contribution in [-0.4, -0.2) is 9.38 Å². The first kappa shape index (κ1) is 31.5. The maximum atomic E-state index is 5.17. The van der Waals surface area contributed by atoms with Crippen LogP contribution in [0.25, 0.3) is 38.6 Å². The number of imidazole rings is 1. The van der Waals surface area contributed by atoms with Crippen LogP contribution in [0.4, 0.5) is 0 Å². The second kappa shape index (κ2) is 12.0. The van der Waals surface area contributed by atoms with Crippen LogP contribution in [0.1, 0.15) is 116 Å². The molecule has 5 aromatic rings. The maximum Gasteiger partial charge on any atom is 0.0639 e. The minimum atomic E-state index is 0. The molecular formula is C41H49IrN2-. The minimum Gasteiger partial charge on any atom is -0.333 e. The van der Waals surface area contributed by atoms with Gasteiger partial charge in [0, 0.05) is 37.4 Å². The summed E-state index contributed by atoms with van der Waals surface area (Å²) in [7, 11) is 0. The van der Waals surface area contributed by atoms with Crippen LogP contribution >= 0.6 is 0 Å². The molecule has 2 aliphatic carbocycles. The molecule has 44 heavy (non-hydrogen) atoms. The molecule has 0 atom stereocenters. The average Bonchev–Trinajstić information content (AvgIpc) is 3.46. The van der Waals surface area contributed by atoms with Crippen molar-refractivity contribution in [2.45, 2.75) is 105 Å². The summed E-state index contributed by atoms with van der Waals surface area (Å²) in [5, 5.41) is 3.62. The molecular weight excluding hydrogens is 713 g/mol. The Kier molecular flexibility index (Phi) is 8.61. The van der Waals surface area contributed by atoms with Gasteiger partial charge in [-0.05, 0) is 108 Å². The van der Waals surface area contributed by atoms with Crippen LogP contribution in [0, 0.1) is 28.7 Å². The number of rotatable bonds is 3. The summed E-state index contributed by atoms with van der Waals surface area (Å²) in [6, 6.07) is 26.1. The van der Waals surface area contributed by atoms with Crippen molar-refractivity contribution in [3.8, 4) is 11.3 Å². The maximum absolute atomic E-state index is 5.17. The Hall–Kier alpha value is -2.48. The Bertz CT molecular complexity index is 1710. The number of aromatic nitrogens is 2. The van der Waals surface area contributed by atoms with Crippen molar-refractivity contribution < 1.29 is 20.1 Å². The molecule has 3 aromatic carbocycles. The van der Waals surface area contributed by atoms with Crippen LogP contribution in [0.3, 0.4) is 0 Å². The molecule has 0 bridgehead atoms. The Labute approximate surface area is 278 Å². The largest absolute Gasteiger partial charge is 0.333 e. The van der Waals surface area contributed by atoms with E-state index in [9.17, 15) is 0 Å². The van der Waals surface area contributed by atoms with Gasteiger partial charge in [0.25, 0.3) is 0 Å². The van der Waals surface area contributed by atoms with E-state index in [1.807, 2.05) is 6.07 Å². The molecule has 0 amide bonds. The summed E-state index contributed by atoms with van der Waals surface area (Å²) in [5.74, 6) is 2.82. The minimum absolute atomic E-state index is 0. The Morgan fingerprint density at radius 2 is 1.20 bits per heavy atom. The van der Waals surface area contributed by atoms with Gasteiger partial charge < -0.3 is 4.40 Å². The fraction of sp³-hybridized carbons (Fsp3) is 0.488. The Morgan fingerprint density at radius 1 is 0.659 bits per heavy atom. The summed E-state index contributed by atoms with van der Waals surface area (Å²) >= 11 is 0. The standard InChI is InChI=1S/C41H49N2.Ir/c1-40(2,3)29-22-18-27(19-23-29)31-15-11-16-32(28-20-24-30(25-21-28)41(4,5)6)38(31)37-26-42-39-35-14-8-7-12-33(35)34-13-9-10-17-36(34)43(37)39;/h7-13,15-17,26-30H,18-25H2,1-6H3;/q-1;. The van der Waals surface area contributed by atoms with Gasteiger partial charge in [0.1, 0.15) is 0 Å². The molecule has 0 saturated heterocycles. The van der Waals surface area contributed by atoms with E-state index in [1.165, 1.54) is 78.9 Å². The third-order valence-corrected chi connectivity index (χ3v) is 11.4. The summed E-state index contributed by atoms with van der Waals surface area (Å²) in [5.41, 5.74) is 8.92. The van der Waals surface area contributed by atoms with E-state index < -0.39 is 0 Å². The second-order valence-electron chi connectivity index (χ2n) is 15.9. The third kappa shape index (κ3) is 5.58. The zero-order valence-corrected chi connectivity index (χ0v) is 29.9. The molecule has 1 radical (unpaired) electrons. The van der Waals surface area contributed by atoms with Gasteiger partial charge in [-0.2, -0.15) is 0 Å². The van der Waals surface area contributed by atoms with Gasteiger partial charge in [0.2, 0.25) is 0 Å². The third-order valence-electron chi connectivity index (χ3n) is 11.4. The molecule has 2 fully saturated rings. The molecule has 2 nitrogen and oxygen atoms in total. The molecule has 0 spiro atoms. The number of benzene rings is 3. The van der Waals surface area contributed by atoms with E-state index in [0.717, 1.165) is 22.9 Å². The van der Waals surface area contributed by atoms with E-state index in [1.54, 1.807) is 11.1 Å². The monoisotopic (exact) mass is 762 g/mol. The first-order chi connectivity index (χ1) is 20.6. The number of hydrogen-bond donors (Lipinski definition) is 0. The van der Waals surface area contributed by atoms with E-state index in [-0.39, 0.29) is 20.1 Å². The fourth-order valence-corrected chi connectivity index (χ4v) is 8.80. The van der Waals surface area contributed by atoms with E-state index in [0.29, 0.717) is 22.7 Å². The van der Waals surface area contributed by atoms with E-state index in [4.69, 9.17) is 4.98 Å². The summed E-state index contributed by atoms with van der Waals surface area (Å²) in [6.07, 6.45) is 12.6. The predicted octanol–water partition coefficient (Wildman–Crippen LogP) is 11.7. The molecule has 7 rings (SSSR count). The topological polar surface area (TPSA) is 17.3 Å². The van der Waals surface area contributed by atoms with Gasteiger partial charge >= 0.3 is 0 Å². The van der Waals surface area contributed by atoms with Crippen molar-refractivity contribution in [1.82, 2.24) is 9.38 Å². The van der Waals surface area contributed by atoms with Crippen LogP contribution in [0.2, 0.25) is 0 Å². The molecule has 2 heterocycles.